The fraction of sp³-hybridized carbons (Fsp3) is 1.00. The molecule has 12 heavy (non-hydrogen) atoms. The van der Waals surface area contributed by atoms with Crippen molar-refractivity contribution in [2.24, 2.45) is 16.7 Å². The van der Waals surface area contributed by atoms with E-state index in [1.807, 2.05) is 6.92 Å². The molecule has 0 aromatic rings. The van der Waals surface area contributed by atoms with E-state index in [2.05, 4.69) is 13.8 Å². The van der Waals surface area contributed by atoms with Crippen LogP contribution in [0.25, 0.3) is 0 Å². The second kappa shape index (κ2) is 2.05. The van der Waals surface area contributed by atoms with Crippen molar-refractivity contribution in [1.82, 2.24) is 0 Å². The van der Waals surface area contributed by atoms with Crippen LogP contribution >= 0.6 is 0 Å². The molecule has 0 aromatic carbocycles. The SMILES string of the molecule is CC1(C)[C@H]2C[C@H](O)[C@](C)(C2)[C@H]1O. The molecule has 2 fully saturated rings. The Kier molecular flexibility index (Phi) is 1.45. The average Bonchev–Trinajstić information content (AvgIpc) is 2.34. The van der Waals surface area contributed by atoms with Gasteiger partial charge in [0.2, 0.25) is 0 Å². The highest BCUT2D eigenvalue weighted by molar-refractivity contribution is 5.12. The molecule has 0 aliphatic heterocycles. The van der Waals surface area contributed by atoms with Gasteiger partial charge >= 0.3 is 0 Å². The summed E-state index contributed by atoms with van der Waals surface area (Å²) in [6.45, 7) is 6.23. The number of rotatable bonds is 0. The predicted molar refractivity (Wildman–Crippen MR) is 46.6 cm³/mol. The third-order valence-corrected chi connectivity index (χ3v) is 4.34. The van der Waals surface area contributed by atoms with Gasteiger partial charge in [-0.05, 0) is 24.2 Å². The molecule has 0 saturated heterocycles. The second-order valence-corrected chi connectivity index (χ2v) is 5.38. The Morgan fingerprint density at radius 3 is 2.08 bits per heavy atom. The van der Waals surface area contributed by atoms with Crippen molar-refractivity contribution in [3.8, 4) is 0 Å². The molecule has 2 aliphatic rings. The Hall–Kier alpha value is -0.0800. The molecule has 0 aromatic heterocycles. The van der Waals surface area contributed by atoms with Crippen LogP contribution in [-0.4, -0.2) is 22.4 Å². The first-order valence-electron chi connectivity index (χ1n) is 4.75. The summed E-state index contributed by atoms with van der Waals surface area (Å²) in [6, 6.07) is 0. The largest absolute Gasteiger partial charge is 0.392 e. The summed E-state index contributed by atoms with van der Waals surface area (Å²) in [5, 5.41) is 19.7. The summed E-state index contributed by atoms with van der Waals surface area (Å²) in [6.07, 6.45) is 1.24. The van der Waals surface area contributed by atoms with Crippen molar-refractivity contribution in [3.05, 3.63) is 0 Å². The fourth-order valence-electron chi connectivity index (χ4n) is 3.22. The van der Waals surface area contributed by atoms with Gasteiger partial charge in [-0.3, -0.25) is 0 Å². The van der Waals surface area contributed by atoms with Crippen molar-refractivity contribution in [2.75, 3.05) is 0 Å². The van der Waals surface area contributed by atoms with Gasteiger partial charge in [0.05, 0.1) is 12.2 Å². The molecule has 4 atom stereocenters. The van der Waals surface area contributed by atoms with Gasteiger partial charge in [0.1, 0.15) is 0 Å². The number of aliphatic hydroxyl groups is 2. The summed E-state index contributed by atoms with van der Waals surface area (Å²) in [5.74, 6) is 0.507. The lowest BCUT2D eigenvalue weighted by Crippen LogP contribution is -2.47. The van der Waals surface area contributed by atoms with E-state index in [4.69, 9.17) is 0 Å². The average molecular weight is 170 g/mol. The van der Waals surface area contributed by atoms with Gasteiger partial charge in [-0.15, -0.1) is 0 Å². The smallest absolute Gasteiger partial charge is 0.0672 e. The van der Waals surface area contributed by atoms with Gasteiger partial charge < -0.3 is 10.2 Å². The molecule has 0 spiro atoms. The highest BCUT2D eigenvalue weighted by atomic mass is 16.3. The maximum atomic E-state index is 10.0. The Balaban J connectivity index is 2.36. The predicted octanol–water partition coefficient (Wildman–Crippen LogP) is 1.16. The molecule has 0 unspecified atom stereocenters. The lowest BCUT2D eigenvalue weighted by atomic mass is 9.69. The first kappa shape index (κ1) is 8.52. The van der Waals surface area contributed by atoms with E-state index in [1.165, 1.54) is 0 Å². The van der Waals surface area contributed by atoms with Gasteiger partial charge in [0, 0.05) is 5.41 Å². The van der Waals surface area contributed by atoms with E-state index >= 15 is 0 Å². The number of hydrogen-bond donors (Lipinski definition) is 2. The zero-order valence-electron chi connectivity index (χ0n) is 8.04. The standard InChI is InChI=1S/C10H18O2/c1-9(2)6-4-7(11)10(3,5-6)8(9)12/h6-8,11-12H,4-5H2,1-3H3/t6-,7-,8-,10-/m0/s1. The van der Waals surface area contributed by atoms with Gasteiger partial charge in [-0.2, -0.15) is 0 Å². The molecule has 0 radical (unpaired) electrons. The van der Waals surface area contributed by atoms with Crippen LogP contribution in [0.1, 0.15) is 33.6 Å². The topological polar surface area (TPSA) is 40.5 Å². The van der Waals surface area contributed by atoms with Crippen LogP contribution in [-0.2, 0) is 0 Å². The molecule has 2 aliphatic carbocycles. The van der Waals surface area contributed by atoms with Crippen molar-refractivity contribution < 1.29 is 10.2 Å². The molecule has 2 rings (SSSR count). The molecular formula is C10H18O2. The van der Waals surface area contributed by atoms with Crippen molar-refractivity contribution in [2.45, 2.75) is 45.8 Å². The Morgan fingerprint density at radius 1 is 1.17 bits per heavy atom. The maximum Gasteiger partial charge on any atom is 0.0672 e. The Bertz CT molecular complexity index is 212. The number of aliphatic hydroxyl groups excluding tert-OH is 2. The van der Waals surface area contributed by atoms with E-state index in [9.17, 15) is 10.2 Å². The lowest BCUT2D eigenvalue weighted by molar-refractivity contribution is -0.0970. The third kappa shape index (κ3) is 0.728. The molecule has 0 amide bonds. The van der Waals surface area contributed by atoms with Crippen LogP contribution in [0.2, 0.25) is 0 Å². The van der Waals surface area contributed by atoms with E-state index in [1.54, 1.807) is 0 Å². The molecule has 70 valence electrons. The van der Waals surface area contributed by atoms with Crippen LogP contribution < -0.4 is 0 Å². The quantitative estimate of drug-likeness (QED) is 0.573. The summed E-state index contributed by atoms with van der Waals surface area (Å²) in [5.41, 5.74) is -0.220. The Morgan fingerprint density at radius 2 is 1.75 bits per heavy atom. The zero-order valence-corrected chi connectivity index (χ0v) is 8.04. The minimum atomic E-state index is -0.334. The van der Waals surface area contributed by atoms with Crippen LogP contribution in [0.3, 0.4) is 0 Å². The minimum Gasteiger partial charge on any atom is -0.392 e. The van der Waals surface area contributed by atoms with Crippen molar-refractivity contribution in [3.63, 3.8) is 0 Å². The molecule has 2 saturated carbocycles. The summed E-state index contributed by atoms with van der Waals surface area (Å²) in [4.78, 5) is 0. The summed E-state index contributed by atoms with van der Waals surface area (Å²) < 4.78 is 0. The minimum absolute atomic E-state index is 0.00792. The Labute approximate surface area is 73.6 Å². The first-order chi connectivity index (χ1) is 5.39. The van der Waals surface area contributed by atoms with Crippen molar-refractivity contribution in [1.29, 1.82) is 0 Å². The molecule has 0 heterocycles. The highest BCUT2D eigenvalue weighted by Gasteiger charge is 2.63. The molecule has 2 heteroatoms. The normalized spacial score (nSPS) is 56.2. The summed E-state index contributed by atoms with van der Waals surface area (Å²) in [7, 11) is 0. The monoisotopic (exact) mass is 170 g/mol. The summed E-state index contributed by atoms with van der Waals surface area (Å²) >= 11 is 0. The highest BCUT2D eigenvalue weighted by Crippen LogP contribution is 2.62. The molecule has 2 bridgehead atoms. The van der Waals surface area contributed by atoms with E-state index in [-0.39, 0.29) is 23.0 Å². The van der Waals surface area contributed by atoms with Gasteiger partial charge in [-0.25, -0.2) is 0 Å². The maximum absolute atomic E-state index is 10.0. The van der Waals surface area contributed by atoms with E-state index < -0.39 is 0 Å². The van der Waals surface area contributed by atoms with E-state index in [0.29, 0.717) is 5.92 Å². The van der Waals surface area contributed by atoms with Gasteiger partial charge in [-0.1, -0.05) is 20.8 Å². The number of fused-ring (bicyclic) bond motifs is 2. The van der Waals surface area contributed by atoms with Crippen LogP contribution in [0, 0.1) is 16.7 Å². The number of hydrogen-bond acceptors (Lipinski definition) is 2. The van der Waals surface area contributed by atoms with Crippen LogP contribution in [0.15, 0.2) is 0 Å². The van der Waals surface area contributed by atoms with Gasteiger partial charge in [0.25, 0.3) is 0 Å². The fourth-order valence-corrected chi connectivity index (χ4v) is 3.22. The van der Waals surface area contributed by atoms with Crippen molar-refractivity contribution >= 4 is 0 Å². The first-order valence-corrected chi connectivity index (χ1v) is 4.75. The second-order valence-electron chi connectivity index (χ2n) is 5.38. The molecular weight excluding hydrogens is 152 g/mol. The van der Waals surface area contributed by atoms with Crippen LogP contribution in [0.5, 0.6) is 0 Å². The van der Waals surface area contributed by atoms with Gasteiger partial charge in [0.15, 0.2) is 0 Å². The van der Waals surface area contributed by atoms with E-state index in [0.717, 1.165) is 12.8 Å². The van der Waals surface area contributed by atoms with Crippen LogP contribution in [0.4, 0.5) is 0 Å². The lowest BCUT2D eigenvalue weighted by Gasteiger charge is -2.41. The zero-order chi connectivity index (χ0) is 9.15. The third-order valence-electron chi connectivity index (χ3n) is 4.34. The molecule has 2 N–H and O–H groups in total. The molecule has 2 nitrogen and oxygen atoms in total.